The summed E-state index contributed by atoms with van der Waals surface area (Å²) in [5, 5.41) is 1.52. The first-order chi connectivity index (χ1) is 4.84. The first-order valence-corrected chi connectivity index (χ1v) is 4.96. The van der Waals surface area contributed by atoms with Crippen molar-refractivity contribution in [2.75, 3.05) is 0 Å². The number of hydrogen-bond donors (Lipinski definition) is 0. The molecule has 0 aromatic heterocycles. The summed E-state index contributed by atoms with van der Waals surface area (Å²) in [4.78, 5) is 11.1. The number of ketones is 1. The Bertz CT molecular complexity index is 155. The molecule has 2 unspecified atom stereocenters. The van der Waals surface area contributed by atoms with E-state index in [0.717, 1.165) is 24.5 Å². The van der Waals surface area contributed by atoms with Crippen molar-refractivity contribution in [2.45, 2.75) is 42.6 Å². The van der Waals surface area contributed by atoms with Crippen molar-refractivity contribution in [1.82, 2.24) is 0 Å². The fourth-order valence-electron chi connectivity index (χ4n) is 1.82. The maximum absolute atomic E-state index is 11.1. The lowest BCUT2D eigenvalue weighted by Gasteiger charge is -2.03. The molecule has 2 bridgehead atoms. The summed E-state index contributed by atoms with van der Waals surface area (Å²) in [5.41, 5.74) is 0. The van der Waals surface area contributed by atoms with Crippen LogP contribution in [0.15, 0.2) is 0 Å². The summed E-state index contributed by atoms with van der Waals surface area (Å²) in [6.45, 7) is 0. The Kier molecular flexibility index (Phi) is 1.73. The first-order valence-electron chi connectivity index (χ1n) is 4.02. The molecule has 0 N–H and O–H groups in total. The lowest BCUT2D eigenvalue weighted by molar-refractivity contribution is -0.119. The molecule has 10 heavy (non-hydrogen) atoms. The van der Waals surface area contributed by atoms with Gasteiger partial charge in [0, 0.05) is 23.3 Å². The predicted molar refractivity (Wildman–Crippen MR) is 43.3 cm³/mol. The van der Waals surface area contributed by atoms with Gasteiger partial charge in [0.25, 0.3) is 0 Å². The van der Waals surface area contributed by atoms with E-state index in [9.17, 15) is 4.79 Å². The van der Waals surface area contributed by atoms with E-state index in [4.69, 9.17) is 0 Å². The van der Waals surface area contributed by atoms with Crippen LogP contribution in [0.25, 0.3) is 0 Å². The minimum absolute atomic E-state index is 0.500. The molecule has 2 heterocycles. The molecular weight excluding hydrogens is 144 g/mol. The highest BCUT2D eigenvalue weighted by molar-refractivity contribution is 8.00. The minimum Gasteiger partial charge on any atom is -0.300 e. The Morgan fingerprint density at radius 3 is 2.90 bits per heavy atom. The molecule has 2 atom stereocenters. The number of carbonyl (C=O) groups is 1. The van der Waals surface area contributed by atoms with E-state index >= 15 is 0 Å². The number of carbonyl (C=O) groups excluding carboxylic acids is 1. The zero-order valence-electron chi connectivity index (χ0n) is 6.01. The van der Waals surface area contributed by atoms with Crippen LogP contribution in [0.5, 0.6) is 0 Å². The standard InChI is InChI=1S/C8H12OS/c9-6-1-2-7-3-4-8(5-6)10-7/h7-8H,1-5H2. The second kappa shape index (κ2) is 2.57. The van der Waals surface area contributed by atoms with Crippen molar-refractivity contribution in [2.24, 2.45) is 0 Å². The average Bonchev–Trinajstić information content (AvgIpc) is 2.22. The predicted octanol–water partition coefficient (Wildman–Crippen LogP) is 2.00. The highest BCUT2D eigenvalue weighted by Crippen LogP contribution is 2.40. The topological polar surface area (TPSA) is 17.1 Å². The highest BCUT2D eigenvalue weighted by Gasteiger charge is 2.30. The van der Waals surface area contributed by atoms with Crippen LogP contribution in [0.1, 0.15) is 32.1 Å². The molecule has 1 nitrogen and oxygen atoms in total. The normalized spacial score (nSPS) is 39.8. The van der Waals surface area contributed by atoms with Gasteiger partial charge in [-0.1, -0.05) is 0 Å². The minimum atomic E-state index is 0.500. The van der Waals surface area contributed by atoms with Crippen LogP contribution in [0.4, 0.5) is 0 Å². The van der Waals surface area contributed by atoms with Crippen molar-refractivity contribution in [3.8, 4) is 0 Å². The quantitative estimate of drug-likeness (QED) is 0.533. The summed E-state index contributed by atoms with van der Waals surface area (Å²) in [7, 11) is 0. The molecule has 2 fully saturated rings. The molecule has 0 spiro atoms. The zero-order valence-corrected chi connectivity index (χ0v) is 6.82. The van der Waals surface area contributed by atoms with E-state index in [-0.39, 0.29) is 0 Å². The van der Waals surface area contributed by atoms with Crippen LogP contribution in [0, 0.1) is 0 Å². The number of hydrogen-bond acceptors (Lipinski definition) is 2. The maximum Gasteiger partial charge on any atom is 0.134 e. The van der Waals surface area contributed by atoms with Gasteiger partial charge in [0.15, 0.2) is 0 Å². The van der Waals surface area contributed by atoms with E-state index in [1.54, 1.807) is 0 Å². The molecule has 0 aromatic carbocycles. The number of thioether (sulfide) groups is 1. The van der Waals surface area contributed by atoms with Crippen LogP contribution >= 0.6 is 11.8 Å². The van der Waals surface area contributed by atoms with Crippen molar-refractivity contribution in [3.63, 3.8) is 0 Å². The molecule has 2 rings (SSSR count). The zero-order chi connectivity index (χ0) is 6.97. The van der Waals surface area contributed by atoms with E-state index in [0.29, 0.717) is 11.0 Å². The fourth-order valence-corrected chi connectivity index (χ4v) is 3.45. The van der Waals surface area contributed by atoms with Crippen LogP contribution in [0.3, 0.4) is 0 Å². The van der Waals surface area contributed by atoms with Gasteiger partial charge in [-0.05, 0) is 19.3 Å². The molecule has 2 heteroatoms. The summed E-state index contributed by atoms with van der Waals surface area (Å²) in [6, 6.07) is 0. The Morgan fingerprint density at radius 1 is 1.20 bits per heavy atom. The average molecular weight is 156 g/mol. The molecule has 0 amide bonds. The molecule has 0 radical (unpaired) electrons. The van der Waals surface area contributed by atoms with Gasteiger partial charge >= 0.3 is 0 Å². The molecule has 0 aromatic rings. The third-order valence-corrected chi connectivity index (χ3v) is 4.04. The van der Waals surface area contributed by atoms with Gasteiger partial charge < -0.3 is 0 Å². The molecule has 0 saturated carbocycles. The number of Topliss-reactive ketones (excluding diaryl/α,β-unsaturated/α-hetero) is 1. The third-order valence-electron chi connectivity index (χ3n) is 2.40. The lowest BCUT2D eigenvalue weighted by atomic mass is 10.0. The Labute approximate surface area is 65.6 Å². The van der Waals surface area contributed by atoms with Gasteiger partial charge in [-0.25, -0.2) is 0 Å². The van der Waals surface area contributed by atoms with Crippen molar-refractivity contribution >= 4 is 17.5 Å². The lowest BCUT2D eigenvalue weighted by Crippen LogP contribution is -2.06. The number of fused-ring (bicyclic) bond motifs is 2. The molecule has 0 aliphatic carbocycles. The summed E-state index contributed by atoms with van der Waals surface area (Å²) >= 11 is 2.06. The number of rotatable bonds is 0. The van der Waals surface area contributed by atoms with Gasteiger partial charge in [0.2, 0.25) is 0 Å². The van der Waals surface area contributed by atoms with Crippen LogP contribution in [-0.2, 0) is 4.79 Å². The summed E-state index contributed by atoms with van der Waals surface area (Å²) < 4.78 is 0. The third kappa shape index (κ3) is 1.22. The van der Waals surface area contributed by atoms with Gasteiger partial charge in [0.1, 0.15) is 5.78 Å². The van der Waals surface area contributed by atoms with Crippen LogP contribution in [-0.4, -0.2) is 16.3 Å². The van der Waals surface area contributed by atoms with Gasteiger partial charge in [0.05, 0.1) is 0 Å². The monoisotopic (exact) mass is 156 g/mol. The van der Waals surface area contributed by atoms with E-state index in [1.165, 1.54) is 12.8 Å². The molecular formula is C8H12OS. The maximum atomic E-state index is 11.1. The summed E-state index contributed by atoms with van der Waals surface area (Å²) in [5.74, 6) is 0.500. The largest absolute Gasteiger partial charge is 0.300 e. The Hall–Kier alpha value is 0.0200. The molecule has 2 aliphatic rings. The van der Waals surface area contributed by atoms with E-state index < -0.39 is 0 Å². The second-order valence-electron chi connectivity index (χ2n) is 3.24. The van der Waals surface area contributed by atoms with E-state index in [2.05, 4.69) is 11.8 Å². The fraction of sp³-hybridized carbons (Fsp3) is 0.875. The van der Waals surface area contributed by atoms with Gasteiger partial charge in [-0.3, -0.25) is 4.79 Å². The first kappa shape index (κ1) is 6.71. The van der Waals surface area contributed by atoms with Crippen LogP contribution < -0.4 is 0 Å². The second-order valence-corrected chi connectivity index (χ2v) is 4.84. The van der Waals surface area contributed by atoms with Gasteiger partial charge in [-0.2, -0.15) is 11.8 Å². The van der Waals surface area contributed by atoms with Crippen molar-refractivity contribution in [1.29, 1.82) is 0 Å². The van der Waals surface area contributed by atoms with Crippen molar-refractivity contribution in [3.05, 3.63) is 0 Å². The van der Waals surface area contributed by atoms with E-state index in [1.807, 2.05) is 0 Å². The summed E-state index contributed by atoms with van der Waals surface area (Å²) in [6.07, 6.45) is 5.53. The van der Waals surface area contributed by atoms with Crippen molar-refractivity contribution < 1.29 is 4.79 Å². The Morgan fingerprint density at radius 2 is 2.00 bits per heavy atom. The van der Waals surface area contributed by atoms with Gasteiger partial charge in [-0.15, -0.1) is 0 Å². The Balaban J connectivity index is 2.05. The molecule has 2 aliphatic heterocycles. The van der Waals surface area contributed by atoms with Crippen LogP contribution in [0.2, 0.25) is 0 Å². The smallest absolute Gasteiger partial charge is 0.134 e. The molecule has 56 valence electrons. The highest BCUT2D eigenvalue weighted by atomic mass is 32.2. The molecule has 2 saturated heterocycles. The SMILES string of the molecule is O=C1CCC2CCC(C1)S2.